The second kappa shape index (κ2) is 4.35. The summed E-state index contributed by atoms with van der Waals surface area (Å²) in [6, 6.07) is 9.95. The van der Waals surface area contributed by atoms with Crippen molar-refractivity contribution in [3.63, 3.8) is 0 Å². The van der Waals surface area contributed by atoms with Crippen LogP contribution < -0.4 is 0 Å². The summed E-state index contributed by atoms with van der Waals surface area (Å²) in [6.45, 7) is 0. The lowest BCUT2D eigenvalue weighted by Gasteiger charge is -2.03. The Balaban J connectivity index is 1.97. The van der Waals surface area contributed by atoms with Gasteiger partial charge in [-0.05, 0) is 35.7 Å². The Labute approximate surface area is 115 Å². The zero-order chi connectivity index (χ0) is 13.4. The maximum Gasteiger partial charge on any atom is 0.161 e. The van der Waals surface area contributed by atoms with E-state index in [-0.39, 0.29) is 0 Å². The summed E-state index contributed by atoms with van der Waals surface area (Å²) < 4.78 is 0. The Morgan fingerprint density at radius 1 is 0.750 bits per heavy atom. The van der Waals surface area contributed by atoms with Crippen LogP contribution in [0, 0.1) is 0 Å². The van der Waals surface area contributed by atoms with Gasteiger partial charge in [0.25, 0.3) is 0 Å². The molecule has 0 radical (unpaired) electrons. The summed E-state index contributed by atoms with van der Waals surface area (Å²) in [5, 5.41) is 3.25. The fourth-order valence-corrected chi connectivity index (χ4v) is 2.25. The lowest BCUT2D eigenvalue weighted by atomic mass is 10.1. The van der Waals surface area contributed by atoms with Crippen LogP contribution in [0.4, 0.5) is 0 Å². The number of nitrogens with zero attached hydrogens (tertiary/aromatic N) is 4. The lowest BCUT2D eigenvalue weighted by Crippen LogP contribution is -1.90. The molecule has 0 atom stereocenters. The van der Waals surface area contributed by atoms with E-state index in [1.54, 1.807) is 18.6 Å². The van der Waals surface area contributed by atoms with Gasteiger partial charge in [0.05, 0.1) is 5.52 Å². The molecule has 0 N–H and O–H groups in total. The van der Waals surface area contributed by atoms with Gasteiger partial charge >= 0.3 is 0 Å². The number of rotatable bonds is 1. The summed E-state index contributed by atoms with van der Waals surface area (Å²) in [6.07, 6.45) is 9.00. The van der Waals surface area contributed by atoms with E-state index in [4.69, 9.17) is 0 Å². The van der Waals surface area contributed by atoms with Crippen molar-refractivity contribution in [1.29, 1.82) is 0 Å². The molecule has 0 aliphatic rings. The average Bonchev–Trinajstić information content (AvgIpc) is 2.53. The molecule has 3 aromatic heterocycles. The zero-order valence-corrected chi connectivity index (χ0v) is 10.6. The van der Waals surface area contributed by atoms with Crippen molar-refractivity contribution in [3.05, 3.63) is 61.3 Å². The van der Waals surface area contributed by atoms with Crippen LogP contribution in [0.25, 0.3) is 33.1 Å². The Bertz CT molecular complexity index is 904. The monoisotopic (exact) mass is 258 g/mol. The Kier molecular flexibility index (Phi) is 2.39. The maximum atomic E-state index is 4.62. The topological polar surface area (TPSA) is 51.6 Å². The number of fused-ring (bicyclic) bond motifs is 2. The van der Waals surface area contributed by atoms with Gasteiger partial charge in [-0.3, -0.25) is 9.97 Å². The summed E-state index contributed by atoms with van der Waals surface area (Å²) in [7, 11) is 0. The standard InChI is InChI=1S/C16H10N4/c1-2-12(8-17-4-1)16-19-10-14-6-11-3-5-18-9-13(11)7-15(14)20-16/h1-10H. The van der Waals surface area contributed by atoms with Crippen molar-refractivity contribution < 1.29 is 0 Å². The molecule has 94 valence electrons. The van der Waals surface area contributed by atoms with E-state index in [0.717, 1.165) is 27.2 Å². The fourth-order valence-electron chi connectivity index (χ4n) is 2.25. The minimum absolute atomic E-state index is 0.689. The first kappa shape index (κ1) is 11.0. The third-order valence-electron chi connectivity index (χ3n) is 3.26. The molecule has 0 saturated carbocycles. The van der Waals surface area contributed by atoms with Crippen LogP contribution in [0.1, 0.15) is 0 Å². The number of pyridine rings is 2. The molecule has 4 heteroatoms. The maximum absolute atomic E-state index is 4.62. The van der Waals surface area contributed by atoms with Crippen molar-refractivity contribution in [2.75, 3.05) is 0 Å². The van der Waals surface area contributed by atoms with Crippen LogP contribution in [0.3, 0.4) is 0 Å². The van der Waals surface area contributed by atoms with Crippen LogP contribution in [0.5, 0.6) is 0 Å². The van der Waals surface area contributed by atoms with Crippen molar-refractivity contribution >= 4 is 21.7 Å². The minimum Gasteiger partial charge on any atom is -0.264 e. The molecule has 4 aromatic rings. The van der Waals surface area contributed by atoms with Gasteiger partial charge in [0.2, 0.25) is 0 Å². The molecule has 0 unspecified atom stereocenters. The minimum atomic E-state index is 0.689. The average molecular weight is 258 g/mol. The predicted molar refractivity (Wildman–Crippen MR) is 78.1 cm³/mol. The molecule has 0 bridgehead atoms. The number of hydrogen-bond acceptors (Lipinski definition) is 4. The van der Waals surface area contributed by atoms with E-state index in [1.807, 2.05) is 36.7 Å². The second-order valence-electron chi connectivity index (χ2n) is 4.57. The Morgan fingerprint density at radius 3 is 2.60 bits per heavy atom. The molecular weight excluding hydrogens is 248 g/mol. The van der Waals surface area contributed by atoms with Crippen LogP contribution >= 0.6 is 0 Å². The van der Waals surface area contributed by atoms with Crippen LogP contribution in [0.15, 0.2) is 61.3 Å². The van der Waals surface area contributed by atoms with Gasteiger partial charge in [0.15, 0.2) is 5.82 Å². The molecule has 20 heavy (non-hydrogen) atoms. The number of aromatic nitrogens is 4. The highest BCUT2D eigenvalue weighted by Gasteiger charge is 2.04. The highest BCUT2D eigenvalue weighted by molar-refractivity contribution is 5.96. The molecule has 0 fully saturated rings. The molecule has 4 rings (SSSR count). The van der Waals surface area contributed by atoms with Crippen LogP contribution in [-0.4, -0.2) is 19.9 Å². The van der Waals surface area contributed by atoms with E-state index in [2.05, 4.69) is 26.0 Å². The van der Waals surface area contributed by atoms with E-state index >= 15 is 0 Å². The highest BCUT2D eigenvalue weighted by atomic mass is 14.9. The lowest BCUT2D eigenvalue weighted by molar-refractivity contribution is 1.21. The number of hydrogen-bond donors (Lipinski definition) is 0. The van der Waals surface area contributed by atoms with Gasteiger partial charge in [-0.1, -0.05) is 0 Å². The summed E-state index contributed by atoms with van der Waals surface area (Å²) >= 11 is 0. The normalized spacial score (nSPS) is 11.0. The molecule has 3 heterocycles. The van der Waals surface area contributed by atoms with E-state index in [9.17, 15) is 0 Å². The Hall–Kier alpha value is -2.88. The molecular formula is C16H10N4. The van der Waals surface area contributed by atoms with Gasteiger partial charge in [-0.2, -0.15) is 0 Å². The first-order valence-electron chi connectivity index (χ1n) is 6.31. The SMILES string of the molecule is c1cncc(-c2ncc3cc4ccncc4cc3n2)c1. The van der Waals surface area contributed by atoms with Gasteiger partial charge in [0, 0.05) is 47.3 Å². The van der Waals surface area contributed by atoms with E-state index in [1.165, 1.54) is 0 Å². The third-order valence-corrected chi connectivity index (χ3v) is 3.26. The second-order valence-corrected chi connectivity index (χ2v) is 4.57. The first-order chi connectivity index (χ1) is 9.90. The molecule has 1 aromatic carbocycles. The van der Waals surface area contributed by atoms with Gasteiger partial charge < -0.3 is 0 Å². The predicted octanol–water partition coefficient (Wildman–Crippen LogP) is 3.24. The molecule has 0 aliphatic heterocycles. The van der Waals surface area contributed by atoms with Gasteiger partial charge in [0.1, 0.15) is 0 Å². The zero-order valence-electron chi connectivity index (χ0n) is 10.6. The molecule has 0 spiro atoms. The quantitative estimate of drug-likeness (QED) is 0.492. The number of benzene rings is 1. The smallest absolute Gasteiger partial charge is 0.161 e. The highest BCUT2D eigenvalue weighted by Crippen LogP contribution is 2.22. The van der Waals surface area contributed by atoms with E-state index in [0.29, 0.717) is 5.82 Å². The summed E-state index contributed by atoms with van der Waals surface area (Å²) in [5.41, 5.74) is 1.83. The van der Waals surface area contributed by atoms with Gasteiger partial charge in [-0.15, -0.1) is 0 Å². The van der Waals surface area contributed by atoms with Crippen LogP contribution in [-0.2, 0) is 0 Å². The summed E-state index contributed by atoms with van der Waals surface area (Å²) in [5.74, 6) is 0.689. The largest absolute Gasteiger partial charge is 0.264 e. The van der Waals surface area contributed by atoms with Crippen molar-refractivity contribution in [1.82, 2.24) is 19.9 Å². The molecule has 0 amide bonds. The molecule has 0 saturated heterocycles. The molecule has 0 aliphatic carbocycles. The summed E-state index contributed by atoms with van der Waals surface area (Å²) in [4.78, 5) is 17.3. The first-order valence-corrected chi connectivity index (χ1v) is 6.31. The van der Waals surface area contributed by atoms with Gasteiger partial charge in [-0.25, -0.2) is 9.97 Å². The van der Waals surface area contributed by atoms with Crippen molar-refractivity contribution in [2.24, 2.45) is 0 Å². The van der Waals surface area contributed by atoms with Crippen LogP contribution in [0.2, 0.25) is 0 Å². The molecule has 4 nitrogen and oxygen atoms in total. The van der Waals surface area contributed by atoms with E-state index < -0.39 is 0 Å². The third kappa shape index (κ3) is 1.78. The fraction of sp³-hybridized carbons (Fsp3) is 0. The van der Waals surface area contributed by atoms with Crippen molar-refractivity contribution in [2.45, 2.75) is 0 Å². The van der Waals surface area contributed by atoms with Crippen molar-refractivity contribution in [3.8, 4) is 11.4 Å². The Morgan fingerprint density at radius 2 is 1.70 bits per heavy atom.